The maximum absolute atomic E-state index is 16.9. The minimum Gasteiger partial charge on any atom is -0.463 e. The number of aryl methyl sites for hydroxylation is 2. The first-order valence-corrected chi connectivity index (χ1v) is 15.1. The first-order valence-electron chi connectivity index (χ1n) is 14.7. The summed E-state index contributed by atoms with van der Waals surface area (Å²) in [6.07, 6.45) is 2.36. The minimum absolute atomic E-state index is 0.111. The van der Waals surface area contributed by atoms with Crippen molar-refractivity contribution >= 4 is 45.1 Å². The van der Waals surface area contributed by atoms with E-state index in [1.807, 2.05) is 39.8 Å². The van der Waals surface area contributed by atoms with Crippen molar-refractivity contribution in [2.24, 2.45) is 5.92 Å². The smallest absolute Gasteiger partial charge is 0.319 e. The molecule has 6 rings (SSSR count). The van der Waals surface area contributed by atoms with Gasteiger partial charge in [0.05, 0.1) is 22.8 Å². The normalized spacial score (nSPS) is 21.2. The Bertz CT molecular complexity index is 1740. The van der Waals surface area contributed by atoms with Gasteiger partial charge in [-0.25, -0.2) is 4.39 Å². The van der Waals surface area contributed by atoms with Gasteiger partial charge in [-0.2, -0.15) is 15.1 Å². The number of carbonyl (C=O) groups is 1. The molecule has 11 heteroatoms. The molecule has 43 heavy (non-hydrogen) atoms. The maximum atomic E-state index is 16.9. The fraction of sp³-hybridized carbons (Fsp3) is 0.438. The predicted octanol–water partition coefficient (Wildman–Crippen LogP) is 5.52. The van der Waals surface area contributed by atoms with Crippen LogP contribution in [0, 0.1) is 25.6 Å². The van der Waals surface area contributed by atoms with Gasteiger partial charge in [0.1, 0.15) is 11.3 Å². The van der Waals surface area contributed by atoms with Gasteiger partial charge in [-0.1, -0.05) is 24.2 Å². The van der Waals surface area contributed by atoms with Crippen LogP contribution in [0.3, 0.4) is 0 Å². The van der Waals surface area contributed by atoms with Gasteiger partial charge in [0.2, 0.25) is 5.91 Å². The average molecular weight is 606 g/mol. The molecule has 0 radical (unpaired) electrons. The van der Waals surface area contributed by atoms with E-state index in [1.54, 1.807) is 11.0 Å². The number of rotatable bonds is 6. The lowest BCUT2D eigenvalue weighted by atomic mass is 9.94. The second kappa shape index (κ2) is 11.4. The monoisotopic (exact) mass is 605 g/mol. The number of nitrogens with zero attached hydrogens (tertiary/aromatic N) is 6. The summed E-state index contributed by atoms with van der Waals surface area (Å²) in [6.45, 7) is 14.8. The SMILES string of the molecule is C=CC(=O)N1C[C@H](C)N(c2nc(OCC3CCN(C)C3)nc3c(F)c(-c4c(C)ccc5[nH]nc(C)c45)c(Cl)cc23)C[C@H]1C. The Balaban J connectivity index is 1.51. The molecule has 2 saturated heterocycles. The zero-order valence-electron chi connectivity index (χ0n) is 25.2. The standard InChI is InChI=1S/C32H37ClFN7O2/c1-7-25(42)40-13-19(4)41(14-18(40)3)31-22-12-23(33)28(26-17(2)8-9-24-27(26)20(5)37-38-24)29(34)30(22)35-32(36-31)43-16-21-10-11-39(6)15-21/h7-9,12,18-19,21H,1,10-11,13-16H2,2-6H3,(H,37,38)/t18-,19+,21?/m1/s1. The summed E-state index contributed by atoms with van der Waals surface area (Å²) in [6, 6.07) is 5.53. The first kappa shape index (κ1) is 29.3. The van der Waals surface area contributed by atoms with Crippen molar-refractivity contribution in [2.45, 2.75) is 46.2 Å². The van der Waals surface area contributed by atoms with Crippen molar-refractivity contribution in [3.8, 4) is 17.1 Å². The molecule has 2 aliphatic heterocycles. The molecule has 226 valence electrons. The highest BCUT2D eigenvalue weighted by molar-refractivity contribution is 6.35. The number of aromatic nitrogens is 4. The highest BCUT2D eigenvalue weighted by Crippen LogP contribution is 2.43. The molecule has 0 bridgehead atoms. The van der Waals surface area contributed by atoms with Gasteiger partial charge in [-0.15, -0.1) is 0 Å². The van der Waals surface area contributed by atoms with Gasteiger partial charge in [0.25, 0.3) is 0 Å². The highest BCUT2D eigenvalue weighted by atomic mass is 35.5. The fourth-order valence-corrected chi connectivity index (χ4v) is 6.86. The van der Waals surface area contributed by atoms with Gasteiger partial charge in [-0.3, -0.25) is 9.89 Å². The molecule has 2 aliphatic rings. The van der Waals surface area contributed by atoms with E-state index < -0.39 is 5.82 Å². The van der Waals surface area contributed by atoms with E-state index in [1.165, 1.54) is 6.08 Å². The van der Waals surface area contributed by atoms with Crippen molar-refractivity contribution in [1.82, 2.24) is 30.0 Å². The Morgan fingerprint density at radius 2 is 1.98 bits per heavy atom. The van der Waals surface area contributed by atoms with Gasteiger partial charge >= 0.3 is 6.01 Å². The molecule has 0 aliphatic carbocycles. The van der Waals surface area contributed by atoms with Gasteiger partial charge in [-0.05, 0) is 71.5 Å². The average Bonchev–Trinajstić information content (AvgIpc) is 3.58. The van der Waals surface area contributed by atoms with Crippen LogP contribution in [0.15, 0.2) is 30.9 Å². The number of amides is 1. The number of hydrogen-bond acceptors (Lipinski definition) is 7. The summed E-state index contributed by atoms with van der Waals surface area (Å²) < 4.78 is 23.1. The Morgan fingerprint density at radius 1 is 1.19 bits per heavy atom. The summed E-state index contributed by atoms with van der Waals surface area (Å²) in [5, 5.41) is 8.97. The number of ether oxygens (including phenoxy) is 1. The van der Waals surface area contributed by atoms with Crippen molar-refractivity contribution in [3.63, 3.8) is 0 Å². The Hall–Kier alpha value is -3.76. The number of anilines is 1. The number of hydrogen-bond donors (Lipinski definition) is 1. The second-order valence-electron chi connectivity index (χ2n) is 12.0. The Morgan fingerprint density at radius 3 is 2.70 bits per heavy atom. The van der Waals surface area contributed by atoms with Gasteiger partial charge < -0.3 is 19.4 Å². The molecule has 1 N–H and O–H groups in total. The van der Waals surface area contributed by atoms with Crippen LogP contribution in [-0.4, -0.2) is 87.8 Å². The third-order valence-corrected chi connectivity index (χ3v) is 9.16. The first-order chi connectivity index (χ1) is 20.6. The van der Waals surface area contributed by atoms with Gasteiger partial charge in [0, 0.05) is 59.5 Å². The molecule has 4 aromatic rings. The van der Waals surface area contributed by atoms with E-state index >= 15 is 4.39 Å². The summed E-state index contributed by atoms with van der Waals surface area (Å²) in [5.74, 6) is 0.231. The second-order valence-corrected chi connectivity index (χ2v) is 12.4. The molecule has 2 aromatic carbocycles. The molecular weight excluding hydrogens is 569 g/mol. The van der Waals surface area contributed by atoms with Crippen LogP contribution in [0.2, 0.25) is 5.02 Å². The van der Waals surface area contributed by atoms with Crippen LogP contribution in [-0.2, 0) is 4.79 Å². The molecule has 9 nitrogen and oxygen atoms in total. The zero-order valence-corrected chi connectivity index (χ0v) is 26.0. The lowest BCUT2D eigenvalue weighted by Gasteiger charge is -2.44. The van der Waals surface area contributed by atoms with Crippen LogP contribution < -0.4 is 9.64 Å². The lowest BCUT2D eigenvalue weighted by Crippen LogP contribution is -2.58. The molecule has 4 heterocycles. The van der Waals surface area contributed by atoms with Crippen LogP contribution >= 0.6 is 11.6 Å². The number of aromatic amines is 1. The molecule has 1 unspecified atom stereocenters. The van der Waals surface area contributed by atoms with E-state index in [0.717, 1.165) is 41.7 Å². The van der Waals surface area contributed by atoms with Crippen LogP contribution in [0.5, 0.6) is 6.01 Å². The Kier molecular flexibility index (Phi) is 7.76. The van der Waals surface area contributed by atoms with E-state index in [0.29, 0.717) is 42.4 Å². The molecule has 2 aromatic heterocycles. The third kappa shape index (κ3) is 5.20. The van der Waals surface area contributed by atoms with Crippen molar-refractivity contribution < 1.29 is 13.9 Å². The molecule has 1 amide bonds. The van der Waals surface area contributed by atoms with Crippen molar-refractivity contribution in [1.29, 1.82) is 0 Å². The number of halogens is 2. The number of benzene rings is 2. The minimum atomic E-state index is -0.533. The summed E-state index contributed by atoms with van der Waals surface area (Å²) in [7, 11) is 2.09. The summed E-state index contributed by atoms with van der Waals surface area (Å²) in [4.78, 5) is 28.2. The van der Waals surface area contributed by atoms with Crippen molar-refractivity contribution in [2.75, 3.05) is 44.7 Å². The van der Waals surface area contributed by atoms with E-state index in [9.17, 15) is 4.79 Å². The number of likely N-dealkylation sites (tertiary alicyclic amines) is 1. The quantitative estimate of drug-likeness (QED) is 0.289. The number of fused-ring (bicyclic) bond motifs is 2. The van der Waals surface area contributed by atoms with E-state index in [-0.39, 0.29) is 40.1 Å². The summed E-state index contributed by atoms with van der Waals surface area (Å²) in [5.41, 5.74) is 3.54. The molecule has 2 fully saturated rings. The van der Waals surface area contributed by atoms with Crippen LogP contribution in [0.4, 0.5) is 10.2 Å². The molecule has 3 atom stereocenters. The highest BCUT2D eigenvalue weighted by Gasteiger charge is 2.34. The fourth-order valence-electron chi connectivity index (χ4n) is 6.57. The molecule has 0 saturated carbocycles. The third-order valence-electron chi connectivity index (χ3n) is 8.86. The molecular formula is C32H37ClFN7O2. The number of nitrogens with one attached hydrogen (secondary N) is 1. The van der Waals surface area contributed by atoms with Crippen LogP contribution in [0.1, 0.15) is 31.5 Å². The number of H-pyrrole nitrogens is 1. The summed E-state index contributed by atoms with van der Waals surface area (Å²) >= 11 is 6.95. The number of piperazine rings is 1. The zero-order chi connectivity index (χ0) is 30.6. The number of carbonyl (C=O) groups excluding carboxylic acids is 1. The van der Waals surface area contributed by atoms with Gasteiger partial charge in [0.15, 0.2) is 5.82 Å². The van der Waals surface area contributed by atoms with Crippen LogP contribution in [0.25, 0.3) is 32.9 Å². The lowest BCUT2D eigenvalue weighted by molar-refractivity contribution is -0.128. The Labute approximate surface area is 255 Å². The largest absolute Gasteiger partial charge is 0.463 e. The van der Waals surface area contributed by atoms with E-state index in [4.69, 9.17) is 21.3 Å². The molecule has 0 spiro atoms. The topological polar surface area (TPSA) is 90.5 Å². The van der Waals surface area contributed by atoms with Crippen molar-refractivity contribution in [3.05, 3.63) is 53.0 Å². The predicted molar refractivity (Wildman–Crippen MR) is 168 cm³/mol. The maximum Gasteiger partial charge on any atom is 0.319 e. The van der Waals surface area contributed by atoms with E-state index in [2.05, 4.69) is 38.6 Å².